The van der Waals surface area contributed by atoms with E-state index in [0.717, 1.165) is 69.0 Å². The summed E-state index contributed by atoms with van der Waals surface area (Å²) < 4.78 is 21.9. The smallest absolute Gasteiger partial charge is 0.243 e. The number of halogens is 1. The van der Waals surface area contributed by atoms with Crippen LogP contribution in [0.15, 0.2) is 97.1 Å². The van der Waals surface area contributed by atoms with Gasteiger partial charge in [0, 0.05) is 57.8 Å². The molecule has 296 valence electrons. The average molecular weight is 768 g/mol. The number of fused-ring (bicyclic) bond motifs is 3. The molecule has 8 nitrogen and oxygen atoms in total. The van der Waals surface area contributed by atoms with E-state index in [1.54, 1.807) is 6.07 Å². The molecule has 6 heterocycles. The first-order valence-electron chi connectivity index (χ1n) is 21.1. The van der Waals surface area contributed by atoms with Gasteiger partial charge in [0.25, 0.3) is 0 Å². The van der Waals surface area contributed by atoms with Crippen molar-refractivity contribution in [1.29, 1.82) is 0 Å². The van der Waals surface area contributed by atoms with Gasteiger partial charge in [-0.15, -0.1) is 0 Å². The highest BCUT2D eigenvalue weighted by Gasteiger charge is 2.46. The largest absolute Gasteiger partial charge is 0.492 e. The number of benzene rings is 4. The number of amides is 2. The first-order chi connectivity index (χ1) is 27.9. The van der Waals surface area contributed by atoms with Gasteiger partial charge in [0.15, 0.2) is 0 Å². The third kappa shape index (κ3) is 8.02. The van der Waals surface area contributed by atoms with Gasteiger partial charge in [-0.05, 0) is 114 Å². The quantitative estimate of drug-likeness (QED) is 0.119. The Morgan fingerprint density at radius 3 is 2.11 bits per heavy atom. The summed E-state index contributed by atoms with van der Waals surface area (Å²) in [6, 6.07) is 34.1. The molecule has 6 aliphatic rings. The molecule has 5 fully saturated rings. The highest BCUT2D eigenvalue weighted by molar-refractivity contribution is 6.00. The van der Waals surface area contributed by atoms with Gasteiger partial charge in [-0.2, -0.15) is 0 Å². The second-order valence-electron chi connectivity index (χ2n) is 16.7. The lowest BCUT2D eigenvalue weighted by molar-refractivity contribution is -0.137. The number of piperidine rings is 3. The van der Waals surface area contributed by atoms with Crippen LogP contribution in [0.3, 0.4) is 0 Å². The first-order valence-corrected chi connectivity index (χ1v) is 21.1. The number of nitrogens with one attached hydrogen (secondary N) is 1. The van der Waals surface area contributed by atoms with E-state index in [2.05, 4.69) is 117 Å². The molecule has 4 aromatic rings. The SMILES string of the molecule is CCC(=C(c1ccccc1)c1ccc(OCCN2CCC(CN3CC4CC(C3)N4c3cc4c(cc3F)CN(C3CCC(=O)NC3=O)C4)CC2)cc1)c1ccccc1. The van der Waals surface area contributed by atoms with Crippen LogP contribution in [0.25, 0.3) is 11.1 Å². The number of imide groups is 1. The van der Waals surface area contributed by atoms with Crippen LogP contribution in [-0.4, -0.2) is 90.5 Å². The van der Waals surface area contributed by atoms with E-state index in [1.807, 2.05) is 6.07 Å². The van der Waals surface area contributed by atoms with Crippen molar-refractivity contribution in [1.82, 2.24) is 20.0 Å². The fraction of sp³-hybridized carbons (Fsp3) is 0.417. The lowest BCUT2D eigenvalue weighted by atomic mass is 9.85. The molecule has 0 spiro atoms. The molecule has 3 unspecified atom stereocenters. The van der Waals surface area contributed by atoms with Crippen LogP contribution in [0.5, 0.6) is 5.75 Å². The van der Waals surface area contributed by atoms with Crippen molar-refractivity contribution < 1.29 is 18.7 Å². The Kier molecular flexibility index (Phi) is 11.0. The van der Waals surface area contributed by atoms with Crippen molar-refractivity contribution in [3.05, 3.63) is 131 Å². The second-order valence-corrected chi connectivity index (χ2v) is 16.7. The minimum atomic E-state index is -0.334. The minimum Gasteiger partial charge on any atom is -0.492 e. The summed E-state index contributed by atoms with van der Waals surface area (Å²) in [5.41, 5.74) is 9.06. The van der Waals surface area contributed by atoms with E-state index in [0.29, 0.717) is 56.2 Å². The van der Waals surface area contributed by atoms with Gasteiger partial charge in [0.2, 0.25) is 11.8 Å². The predicted molar refractivity (Wildman–Crippen MR) is 223 cm³/mol. The molecule has 0 saturated carbocycles. The summed E-state index contributed by atoms with van der Waals surface area (Å²) in [5, 5.41) is 2.47. The number of likely N-dealkylation sites (tertiary alicyclic amines) is 1. The normalized spacial score (nSPS) is 23.5. The first kappa shape index (κ1) is 37.7. The molecule has 2 bridgehead atoms. The predicted octanol–water partition coefficient (Wildman–Crippen LogP) is 7.37. The number of carbonyl (C=O) groups is 2. The van der Waals surface area contributed by atoms with Crippen molar-refractivity contribution in [2.75, 3.05) is 50.8 Å². The maximum Gasteiger partial charge on any atom is 0.243 e. The molecule has 2 amide bonds. The van der Waals surface area contributed by atoms with Crippen molar-refractivity contribution in [3.63, 3.8) is 0 Å². The van der Waals surface area contributed by atoms with Gasteiger partial charge in [-0.3, -0.25) is 29.6 Å². The van der Waals surface area contributed by atoms with Gasteiger partial charge in [-0.25, -0.2) is 4.39 Å². The molecular formula is C48H54FN5O3. The Morgan fingerprint density at radius 2 is 1.44 bits per heavy atom. The van der Waals surface area contributed by atoms with Gasteiger partial charge in [0.05, 0.1) is 11.7 Å². The lowest BCUT2D eigenvalue weighted by Crippen LogP contribution is -2.69. The molecule has 1 N–H and O–H groups in total. The molecule has 57 heavy (non-hydrogen) atoms. The summed E-state index contributed by atoms with van der Waals surface area (Å²) in [7, 11) is 0. The van der Waals surface area contributed by atoms with Crippen molar-refractivity contribution in [3.8, 4) is 5.75 Å². The molecule has 6 aliphatic heterocycles. The molecule has 3 atom stereocenters. The number of allylic oxidation sites excluding steroid dienone is 1. The van der Waals surface area contributed by atoms with Crippen LogP contribution in [0.1, 0.15) is 73.3 Å². The monoisotopic (exact) mass is 767 g/mol. The summed E-state index contributed by atoms with van der Waals surface area (Å²) in [6.45, 7) is 10.3. The molecule has 5 saturated heterocycles. The molecule has 0 aromatic heterocycles. The third-order valence-electron chi connectivity index (χ3n) is 13.1. The second kappa shape index (κ2) is 16.6. The van der Waals surface area contributed by atoms with Gasteiger partial charge >= 0.3 is 0 Å². The molecule has 10 rings (SSSR count). The van der Waals surface area contributed by atoms with Crippen LogP contribution < -0.4 is 15.0 Å². The molecule has 0 aliphatic carbocycles. The number of hydrogen-bond donors (Lipinski definition) is 1. The Labute approximate surface area is 336 Å². The molecule has 0 radical (unpaired) electrons. The van der Waals surface area contributed by atoms with Gasteiger partial charge < -0.3 is 9.64 Å². The van der Waals surface area contributed by atoms with Crippen molar-refractivity contribution >= 4 is 28.6 Å². The summed E-state index contributed by atoms with van der Waals surface area (Å²) >= 11 is 0. The number of carbonyl (C=O) groups excluding carboxylic acids is 2. The molecule has 9 heteroatoms. The van der Waals surface area contributed by atoms with Gasteiger partial charge in [0.1, 0.15) is 18.2 Å². The summed E-state index contributed by atoms with van der Waals surface area (Å²) in [4.78, 5) is 33.7. The molecule has 4 aromatic carbocycles. The topological polar surface area (TPSA) is 68.4 Å². The maximum atomic E-state index is 15.6. The summed E-state index contributed by atoms with van der Waals surface area (Å²) in [5.74, 6) is 0.998. The van der Waals surface area contributed by atoms with Crippen molar-refractivity contribution in [2.45, 2.75) is 76.7 Å². The van der Waals surface area contributed by atoms with Gasteiger partial charge in [-0.1, -0.05) is 79.7 Å². The van der Waals surface area contributed by atoms with E-state index in [4.69, 9.17) is 4.74 Å². The van der Waals surface area contributed by atoms with E-state index in [-0.39, 0.29) is 23.7 Å². The Hall–Kier alpha value is -4.83. The fourth-order valence-electron chi connectivity index (χ4n) is 10.2. The number of ether oxygens (including phenoxy) is 1. The number of hydrogen-bond acceptors (Lipinski definition) is 7. The highest BCUT2D eigenvalue weighted by Crippen LogP contribution is 2.42. The van der Waals surface area contributed by atoms with E-state index in [1.165, 1.54) is 40.7 Å². The van der Waals surface area contributed by atoms with Crippen LogP contribution in [0.4, 0.5) is 10.1 Å². The number of rotatable bonds is 12. The zero-order valence-electron chi connectivity index (χ0n) is 33.0. The van der Waals surface area contributed by atoms with Crippen LogP contribution in [0, 0.1) is 11.7 Å². The van der Waals surface area contributed by atoms with E-state index < -0.39 is 0 Å². The Morgan fingerprint density at radius 1 is 0.789 bits per heavy atom. The zero-order chi connectivity index (χ0) is 38.9. The highest BCUT2D eigenvalue weighted by atomic mass is 19.1. The summed E-state index contributed by atoms with van der Waals surface area (Å²) in [6.07, 6.45) is 5.33. The van der Waals surface area contributed by atoms with Crippen LogP contribution in [-0.2, 0) is 22.7 Å². The van der Waals surface area contributed by atoms with Crippen LogP contribution >= 0.6 is 0 Å². The Bertz CT molecular complexity index is 2090. The van der Waals surface area contributed by atoms with E-state index in [9.17, 15) is 9.59 Å². The third-order valence-corrected chi connectivity index (χ3v) is 13.1. The number of nitrogens with zero attached hydrogens (tertiary/aromatic N) is 4. The van der Waals surface area contributed by atoms with Crippen molar-refractivity contribution in [2.24, 2.45) is 5.92 Å². The van der Waals surface area contributed by atoms with Crippen LogP contribution in [0.2, 0.25) is 0 Å². The standard InChI is InChI=1S/C48H54FN5O3/c1-2-42(34-9-5-3-6-10-34)47(35-11-7-4-8-12-35)36-13-15-41(16-14-36)57-24-23-51-21-19-33(20-22-51)28-52-31-39-27-40(32-52)54(39)45-26-38-30-53(29-37(38)25-43(45)49)44-17-18-46(55)50-48(44)56/h3-16,25-26,33,39-40,44H,2,17-24,27-32H2,1H3,(H,50,55,56). The maximum absolute atomic E-state index is 15.6. The van der Waals surface area contributed by atoms with E-state index >= 15 is 4.39 Å². The Balaban J connectivity index is 0.735. The zero-order valence-corrected chi connectivity index (χ0v) is 33.0. The fourth-order valence-corrected chi connectivity index (χ4v) is 10.2. The number of anilines is 1. The molecular weight excluding hydrogens is 714 g/mol. The average Bonchev–Trinajstić information content (AvgIpc) is 3.64. The minimum absolute atomic E-state index is 0.158. The lowest BCUT2D eigenvalue weighted by Gasteiger charge is -2.58. The number of piperazine rings is 1.